The molecule has 0 radical (unpaired) electrons. The van der Waals surface area contributed by atoms with Crippen molar-refractivity contribution in [1.82, 2.24) is 0 Å². The van der Waals surface area contributed by atoms with E-state index in [2.05, 4.69) is 76.2 Å². The zero-order chi connectivity index (χ0) is 27.7. The molecular formula is C35H33N2O2S2+. The number of aryl methyl sites for hydroxylation is 1. The summed E-state index contributed by atoms with van der Waals surface area (Å²) < 4.78 is 15.6. The quantitative estimate of drug-likeness (QED) is 0.110. The Hall–Kier alpha value is -4.00. The number of thioether (sulfide) groups is 1. The zero-order valence-corrected chi connectivity index (χ0v) is 24.5. The first kappa shape index (κ1) is 27.2. The van der Waals surface area contributed by atoms with E-state index in [-0.39, 0.29) is 0 Å². The number of para-hydroxylation sites is 4. The van der Waals surface area contributed by atoms with Gasteiger partial charge in [-0.3, -0.25) is 0 Å². The first-order valence-electron chi connectivity index (χ1n) is 14.0. The molecule has 1 aliphatic rings. The van der Waals surface area contributed by atoms with Gasteiger partial charge in [0.05, 0.1) is 23.9 Å². The lowest BCUT2D eigenvalue weighted by molar-refractivity contribution is -0.669. The van der Waals surface area contributed by atoms with Crippen molar-refractivity contribution in [2.75, 3.05) is 24.7 Å². The molecule has 41 heavy (non-hydrogen) atoms. The number of ether oxygens (including phenoxy) is 2. The maximum absolute atomic E-state index is 5.96. The van der Waals surface area contributed by atoms with Gasteiger partial charge in [0, 0.05) is 30.0 Å². The van der Waals surface area contributed by atoms with Crippen LogP contribution in [0.4, 0.5) is 5.69 Å². The summed E-state index contributed by atoms with van der Waals surface area (Å²) in [6.45, 7) is 3.18. The first-order valence-corrected chi connectivity index (χ1v) is 15.7. The highest BCUT2D eigenvalue weighted by Crippen LogP contribution is 2.45. The third-order valence-corrected chi connectivity index (χ3v) is 9.09. The molecule has 206 valence electrons. The minimum atomic E-state index is 0.687. The molecule has 5 aromatic rings. The molecule has 0 spiro atoms. The van der Waals surface area contributed by atoms with Crippen molar-refractivity contribution in [1.29, 1.82) is 0 Å². The molecule has 0 unspecified atom stereocenters. The topological polar surface area (TPSA) is 25.6 Å². The van der Waals surface area contributed by atoms with Gasteiger partial charge in [0.1, 0.15) is 16.2 Å². The number of hydrogen-bond donors (Lipinski definition) is 0. The maximum Gasteiger partial charge on any atom is 0.262 e. The second kappa shape index (κ2) is 13.6. The summed E-state index contributed by atoms with van der Waals surface area (Å²) in [6, 6.07) is 37.4. The molecule has 6 rings (SSSR count). The molecule has 0 fully saturated rings. The van der Waals surface area contributed by atoms with Crippen LogP contribution < -0.4 is 18.9 Å². The van der Waals surface area contributed by atoms with Gasteiger partial charge in [-0.15, -0.1) is 0 Å². The highest BCUT2D eigenvalue weighted by atomic mass is 32.2. The Morgan fingerprint density at radius 3 is 2.15 bits per heavy atom. The van der Waals surface area contributed by atoms with Crippen LogP contribution in [-0.2, 0) is 6.54 Å². The minimum absolute atomic E-state index is 0.687. The molecule has 0 aliphatic carbocycles. The first-order chi connectivity index (χ1) is 20.3. The van der Waals surface area contributed by atoms with Crippen molar-refractivity contribution >= 4 is 45.1 Å². The van der Waals surface area contributed by atoms with Crippen molar-refractivity contribution in [2.24, 2.45) is 0 Å². The summed E-state index contributed by atoms with van der Waals surface area (Å²) in [5.41, 5.74) is 2.54. The van der Waals surface area contributed by atoms with Crippen molar-refractivity contribution in [3.8, 4) is 11.5 Å². The Kier molecular flexibility index (Phi) is 9.00. The molecule has 0 saturated carbocycles. The molecule has 0 amide bonds. The van der Waals surface area contributed by atoms with Crippen LogP contribution in [0.15, 0.2) is 131 Å². The van der Waals surface area contributed by atoms with E-state index in [0.717, 1.165) is 37.4 Å². The fraction of sp³-hybridized carbons (Fsp3) is 0.171. The summed E-state index contributed by atoms with van der Waals surface area (Å²) in [7, 11) is 0. The number of allylic oxidation sites excluding steroid dienone is 2. The van der Waals surface area contributed by atoms with E-state index in [1.54, 1.807) is 0 Å². The highest BCUT2D eigenvalue weighted by molar-refractivity contribution is 8.03. The molecular weight excluding hydrogens is 545 g/mol. The van der Waals surface area contributed by atoms with Crippen LogP contribution in [0.5, 0.6) is 11.5 Å². The van der Waals surface area contributed by atoms with Crippen LogP contribution in [-0.4, -0.2) is 19.8 Å². The molecule has 4 nitrogen and oxygen atoms in total. The number of anilines is 1. The summed E-state index contributed by atoms with van der Waals surface area (Å²) in [5, 5.41) is 2.48. The van der Waals surface area contributed by atoms with Crippen LogP contribution in [0.25, 0.3) is 16.3 Å². The van der Waals surface area contributed by atoms with Gasteiger partial charge in [0.25, 0.3) is 5.01 Å². The Labute approximate surface area is 250 Å². The van der Waals surface area contributed by atoms with Crippen LogP contribution in [0.2, 0.25) is 0 Å². The van der Waals surface area contributed by atoms with E-state index >= 15 is 0 Å². The second-order valence-corrected chi connectivity index (χ2v) is 11.8. The van der Waals surface area contributed by atoms with Crippen LogP contribution >= 0.6 is 23.1 Å². The molecule has 1 aromatic heterocycles. The van der Waals surface area contributed by atoms with Gasteiger partial charge >= 0.3 is 0 Å². The lowest BCUT2D eigenvalue weighted by Gasteiger charge is -2.20. The predicted octanol–water partition coefficient (Wildman–Crippen LogP) is 8.59. The average Bonchev–Trinajstić information content (AvgIpc) is 3.56. The lowest BCUT2D eigenvalue weighted by Crippen LogP contribution is -2.35. The van der Waals surface area contributed by atoms with Gasteiger partial charge in [0.2, 0.25) is 5.52 Å². The normalized spacial score (nSPS) is 13.8. The van der Waals surface area contributed by atoms with Crippen LogP contribution in [0.3, 0.4) is 0 Å². The standard InChI is InChI=1S/C35H33N2O2S2/c1-3-14-28(15-4-1)38-26-12-24-36-30-18-7-9-20-32(30)40-34(36)22-11-23-35-37(31-19-8-10-21-33(31)41-35)25-13-27-39-29-16-5-2-6-17-29/h1-11,14-23H,12-13,24-27H2/q+1. The molecule has 2 heterocycles. The van der Waals surface area contributed by atoms with Gasteiger partial charge in [-0.05, 0) is 55.0 Å². The third kappa shape index (κ3) is 6.84. The Balaban J connectivity index is 1.14. The SMILES string of the molecule is C(=Cc1sc2ccccc2[n+]1CCCOc1ccccc1)C=C1Sc2ccccc2N1CCCOc1ccccc1. The van der Waals surface area contributed by atoms with Crippen molar-refractivity contribution in [3.05, 3.63) is 131 Å². The van der Waals surface area contributed by atoms with E-state index in [0.29, 0.717) is 13.2 Å². The second-order valence-electron chi connectivity index (χ2n) is 9.68. The van der Waals surface area contributed by atoms with E-state index < -0.39 is 0 Å². The number of fused-ring (bicyclic) bond motifs is 2. The molecule has 0 N–H and O–H groups in total. The van der Waals surface area contributed by atoms with E-state index in [1.807, 2.05) is 83.8 Å². The van der Waals surface area contributed by atoms with E-state index in [4.69, 9.17) is 9.47 Å². The number of nitrogens with zero attached hydrogens (tertiary/aromatic N) is 2. The molecule has 0 bridgehead atoms. The molecule has 6 heteroatoms. The Bertz CT molecular complexity index is 1630. The van der Waals surface area contributed by atoms with Gasteiger partial charge < -0.3 is 14.4 Å². The monoisotopic (exact) mass is 577 g/mol. The number of aromatic nitrogens is 1. The minimum Gasteiger partial charge on any atom is -0.494 e. The Morgan fingerprint density at radius 2 is 1.37 bits per heavy atom. The summed E-state index contributed by atoms with van der Waals surface area (Å²) in [5.74, 6) is 1.84. The zero-order valence-electron chi connectivity index (χ0n) is 22.9. The summed E-state index contributed by atoms with van der Waals surface area (Å²) >= 11 is 3.67. The van der Waals surface area contributed by atoms with Crippen LogP contribution in [0, 0.1) is 0 Å². The number of rotatable bonds is 12. The molecule has 4 aromatic carbocycles. The fourth-order valence-corrected chi connectivity index (χ4v) is 7.09. The van der Waals surface area contributed by atoms with Crippen molar-refractivity contribution in [2.45, 2.75) is 24.3 Å². The number of benzene rings is 4. The van der Waals surface area contributed by atoms with Crippen LogP contribution in [0.1, 0.15) is 17.8 Å². The van der Waals surface area contributed by atoms with E-state index in [1.165, 1.54) is 30.8 Å². The smallest absolute Gasteiger partial charge is 0.262 e. The predicted molar refractivity (Wildman–Crippen MR) is 172 cm³/mol. The third-order valence-electron chi connectivity index (χ3n) is 6.83. The van der Waals surface area contributed by atoms with E-state index in [9.17, 15) is 0 Å². The molecule has 0 saturated heterocycles. The lowest BCUT2D eigenvalue weighted by atomic mass is 10.2. The number of hydrogen-bond acceptors (Lipinski definition) is 5. The molecule has 1 aliphatic heterocycles. The van der Waals surface area contributed by atoms with Crippen molar-refractivity contribution < 1.29 is 14.0 Å². The van der Waals surface area contributed by atoms with Gasteiger partial charge in [-0.25, -0.2) is 0 Å². The largest absolute Gasteiger partial charge is 0.494 e. The fourth-order valence-electron chi connectivity index (χ4n) is 4.89. The van der Waals surface area contributed by atoms with Gasteiger partial charge in [-0.1, -0.05) is 89.8 Å². The average molecular weight is 578 g/mol. The summed E-state index contributed by atoms with van der Waals surface area (Å²) in [6.07, 6.45) is 8.56. The number of thiazole rings is 1. The highest BCUT2D eigenvalue weighted by Gasteiger charge is 2.24. The van der Waals surface area contributed by atoms with Crippen molar-refractivity contribution in [3.63, 3.8) is 0 Å². The maximum atomic E-state index is 5.96. The van der Waals surface area contributed by atoms with Gasteiger partial charge in [0.15, 0.2) is 6.54 Å². The van der Waals surface area contributed by atoms with Gasteiger partial charge in [-0.2, -0.15) is 4.57 Å². The molecule has 0 atom stereocenters. The Morgan fingerprint density at radius 1 is 0.707 bits per heavy atom. The summed E-state index contributed by atoms with van der Waals surface area (Å²) in [4.78, 5) is 3.71.